The number of hydrogen-bond acceptors (Lipinski definition) is 5. The van der Waals surface area contributed by atoms with E-state index < -0.39 is 10.0 Å². The molecule has 0 bridgehead atoms. The zero-order chi connectivity index (χ0) is 23.0. The van der Waals surface area contributed by atoms with Crippen LogP contribution < -0.4 is 5.32 Å². The number of ether oxygens (including phenoxy) is 1. The van der Waals surface area contributed by atoms with Gasteiger partial charge in [0.15, 0.2) is 0 Å². The fourth-order valence-corrected chi connectivity index (χ4v) is 5.46. The molecule has 174 valence electrons. The maximum absolute atomic E-state index is 12.9. The summed E-state index contributed by atoms with van der Waals surface area (Å²) in [7, 11) is -3.65. The van der Waals surface area contributed by atoms with Crippen molar-refractivity contribution in [1.82, 2.24) is 14.5 Å². The highest BCUT2D eigenvalue weighted by Crippen LogP contribution is 2.18. The van der Waals surface area contributed by atoms with E-state index in [1.807, 2.05) is 18.2 Å². The van der Waals surface area contributed by atoms with E-state index in [2.05, 4.69) is 36.2 Å². The van der Waals surface area contributed by atoms with Crippen LogP contribution in [0.15, 0.2) is 59.5 Å². The molecule has 0 saturated carbocycles. The highest BCUT2D eigenvalue weighted by atomic mass is 32.2. The van der Waals surface area contributed by atoms with Crippen LogP contribution >= 0.6 is 0 Å². The Balaban J connectivity index is 1.70. The lowest BCUT2D eigenvalue weighted by atomic mass is 10.0. The average molecular weight is 460 g/mol. The summed E-state index contributed by atoms with van der Waals surface area (Å²) in [6.07, 6.45) is 0.828. The zero-order valence-electron chi connectivity index (χ0n) is 18.9. The Kier molecular flexibility index (Phi) is 8.81. The molecule has 0 aromatic heterocycles. The summed E-state index contributed by atoms with van der Waals surface area (Å²) in [6.45, 7) is 7.89. The molecule has 2 aromatic rings. The number of likely N-dealkylation sites (N-methyl/N-ethyl adjacent to an activating group) is 1. The highest BCUT2D eigenvalue weighted by molar-refractivity contribution is 7.89. The molecule has 3 rings (SSSR count). The molecule has 0 radical (unpaired) electrons. The van der Waals surface area contributed by atoms with Crippen molar-refractivity contribution in [3.63, 3.8) is 0 Å². The van der Waals surface area contributed by atoms with Crippen molar-refractivity contribution >= 4 is 15.9 Å². The van der Waals surface area contributed by atoms with Gasteiger partial charge in [-0.25, -0.2) is 8.42 Å². The third-order valence-corrected chi connectivity index (χ3v) is 7.74. The van der Waals surface area contributed by atoms with Crippen LogP contribution in [0.25, 0.3) is 0 Å². The van der Waals surface area contributed by atoms with Crippen LogP contribution in [0.2, 0.25) is 0 Å². The molecular weight excluding hydrogens is 426 g/mol. The van der Waals surface area contributed by atoms with Crippen molar-refractivity contribution in [3.8, 4) is 0 Å². The third kappa shape index (κ3) is 6.16. The molecular formula is C24H33N3O4S. The quantitative estimate of drug-likeness (QED) is 0.590. The Morgan fingerprint density at radius 1 is 1.06 bits per heavy atom. The van der Waals surface area contributed by atoms with Gasteiger partial charge in [-0.15, -0.1) is 0 Å². The Morgan fingerprint density at radius 3 is 2.41 bits per heavy atom. The van der Waals surface area contributed by atoms with E-state index in [0.29, 0.717) is 38.4 Å². The molecule has 0 spiro atoms. The molecule has 1 aliphatic rings. The molecule has 1 N–H and O–H groups in total. The molecule has 2 aromatic carbocycles. The van der Waals surface area contributed by atoms with E-state index in [4.69, 9.17) is 4.74 Å². The van der Waals surface area contributed by atoms with Gasteiger partial charge in [0.1, 0.15) is 0 Å². The van der Waals surface area contributed by atoms with Crippen LogP contribution in [0.3, 0.4) is 0 Å². The molecule has 32 heavy (non-hydrogen) atoms. The minimum absolute atomic E-state index is 0.136. The summed E-state index contributed by atoms with van der Waals surface area (Å²) in [5.41, 5.74) is 1.56. The molecule has 1 fully saturated rings. The second-order valence-electron chi connectivity index (χ2n) is 7.82. The van der Waals surface area contributed by atoms with Crippen molar-refractivity contribution < 1.29 is 17.9 Å². The minimum Gasteiger partial charge on any atom is -0.379 e. The number of hydrogen-bond donors (Lipinski definition) is 1. The van der Waals surface area contributed by atoms with E-state index in [1.165, 1.54) is 22.0 Å². The Bertz CT molecular complexity index is 972. The number of carbonyl (C=O) groups excluding carboxylic acids is 1. The Morgan fingerprint density at radius 2 is 1.75 bits per heavy atom. The third-order valence-electron chi connectivity index (χ3n) is 5.85. The smallest absolute Gasteiger partial charge is 0.251 e. The Hall–Kier alpha value is -2.26. The molecule has 1 unspecified atom stereocenters. The second kappa shape index (κ2) is 11.6. The van der Waals surface area contributed by atoms with Gasteiger partial charge >= 0.3 is 0 Å². The first-order chi connectivity index (χ1) is 15.5. The van der Waals surface area contributed by atoms with Gasteiger partial charge in [-0.2, -0.15) is 4.31 Å². The van der Waals surface area contributed by atoms with Gasteiger partial charge in [0, 0.05) is 31.2 Å². The van der Waals surface area contributed by atoms with Gasteiger partial charge < -0.3 is 10.1 Å². The maximum atomic E-state index is 12.9. The first-order valence-electron chi connectivity index (χ1n) is 11.2. The predicted molar refractivity (Wildman–Crippen MR) is 125 cm³/mol. The van der Waals surface area contributed by atoms with Crippen molar-refractivity contribution in [3.05, 3.63) is 65.7 Å². The first kappa shape index (κ1) is 24.4. The summed E-state index contributed by atoms with van der Waals surface area (Å²) in [5.74, 6) is -0.269. The zero-order valence-corrected chi connectivity index (χ0v) is 19.7. The molecule has 1 aliphatic heterocycles. The molecule has 0 aliphatic carbocycles. The summed E-state index contributed by atoms with van der Waals surface area (Å²) < 4.78 is 32.5. The monoisotopic (exact) mass is 459 g/mol. The van der Waals surface area contributed by atoms with Crippen LogP contribution in [-0.2, 0) is 21.2 Å². The van der Waals surface area contributed by atoms with Crippen molar-refractivity contribution in [2.45, 2.75) is 31.2 Å². The molecule has 1 atom stereocenters. The predicted octanol–water partition coefficient (Wildman–Crippen LogP) is 2.39. The largest absolute Gasteiger partial charge is 0.379 e. The van der Waals surface area contributed by atoms with Gasteiger partial charge in [-0.3, -0.25) is 9.69 Å². The molecule has 8 heteroatoms. The standard InChI is InChI=1S/C24H33N3O4S/c1-3-26(4-2)22(17-20-9-6-5-7-10-20)19-25-24(28)21-11-8-12-23(18-21)32(29,30)27-13-15-31-16-14-27/h5-12,18,22H,3-4,13-17,19H2,1-2H3,(H,25,28). The normalized spacial score (nSPS) is 16.1. The van der Waals surface area contributed by atoms with Crippen LogP contribution in [0.5, 0.6) is 0 Å². The lowest BCUT2D eigenvalue weighted by molar-refractivity contribution is 0.0730. The van der Waals surface area contributed by atoms with Crippen LogP contribution in [0.4, 0.5) is 0 Å². The lowest BCUT2D eigenvalue weighted by Crippen LogP contribution is -2.45. The number of morpholine rings is 1. The SMILES string of the molecule is CCN(CC)C(CNC(=O)c1cccc(S(=O)(=O)N2CCOCC2)c1)Cc1ccccc1. The number of nitrogens with one attached hydrogen (secondary N) is 1. The number of carbonyl (C=O) groups is 1. The highest BCUT2D eigenvalue weighted by Gasteiger charge is 2.27. The lowest BCUT2D eigenvalue weighted by Gasteiger charge is -2.30. The summed E-state index contributed by atoms with van der Waals surface area (Å²) in [5, 5.41) is 3.02. The first-order valence-corrected chi connectivity index (χ1v) is 12.6. The minimum atomic E-state index is -3.65. The van der Waals surface area contributed by atoms with E-state index in [1.54, 1.807) is 12.1 Å². The molecule has 1 saturated heterocycles. The van der Waals surface area contributed by atoms with E-state index >= 15 is 0 Å². The van der Waals surface area contributed by atoms with E-state index in [0.717, 1.165) is 19.5 Å². The van der Waals surface area contributed by atoms with Crippen LogP contribution in [-0.4, -0.2) is 75.5 Å². The summed E-state index contributed by atoms with van der Waals surface area (Å²) >= 11 is 0. The number of nitrogens with zero attached hydrogens (tertiary/aromatic N) is 2. The topological polar surface area (TPSA) is 79.0 Å². The van der Waals surface area contributed by atoms with Gasteiger partial charge in [0.05, 0.1) is 18.1 Å². The van der Waals surface area contributed by atoms with Gasteiger partial charge in [-0.05, 0) is 43.3 Å². The summed E-state index contributed by atoms with van der Waals surface area (Å²) in [6, 6.07) is 16.6. The number of sulfonamides is 1. The van der Waals surface area contributed by atoms with Gasteiger partial charge in [0.25, 0.3) is 5.91 Å². The van der Waals surface area contributed by atoms with Crippen molar-refractivity contribution in [2.75, 3.05) is 45.9 Å². The van der Waals surface area contributed by atoms with Crippen molar-refractivity contribution in [2.24, 2.45) is 0 Å². The molecule has 1 amide bonds. The van der Waals surface area contributed by atoms with Gasteiger partial charge in [0.2, 0.25) is 10.0 Å². The number of rotatable bonds is 10. The van der Waals surface area contributed by atoms with Gasteiger partial charge in [-0.1, -0.05) is 50.2 Å². The molecule has 7 nitrogen and oxygen atoms in total. The fourth-order valence-electron chi connectivity index (χ4n) is 4.00. The van der Waals surface area contributed by atoms with Crippen LogP contribution in [0, 0.1) is 0 Å². The second-order valence-corrected chi connectivity index (χ2v) is 9.76. The number of amides is 1. The maximum Gasteiger partial charge on any atom is 0.251 e. The van der Waals surface area contributed by atoms with Crippen LogP contribution in [0.1, 0.15) is 29.8 Å². The summed E-state index contributed by atoms with van der Waals surface area (Å²) in [4.78, 5) is 15.4. The average Bonchev–Trinajstić information content (AvgIpc) is 2.84. The number of benzene rings is 2. The fraction of sp³-hybridized carbons (Fsp3) is 0.458. The molecule has 1 heterocycles. The van der Waals surface area contributed by atoms with E-state index in [-0.39, 0.29) is 16.8 Å². The Labute approximate surface area is 191 Å². The van der Waals surface area contributed by atoms with Crippen molar-refractivity contribution in [1.29, 1.82) is 0 Å². The van der Waals surface area contributed by atoms with E-state index in [9.17, 15) is 13.2 Å².